The lowest BCUT2D eigenvalue weighted by Gasteiger charge is -2.41. The fraction of sp³-hybridized carbons (Fsp3) is 0.809. The van der Waals surface area contributed by atoms with Gasteiger partial charge in [0.25, 0.3) is 0 Å². The number of carbonyl (C=O) groups excluding carboxylic acids is 1. The molecule has 0 bridgehead atoms. The lowest BCUT2D eigenvalue weighted by atomic mass is 9.99. The monoisotopic (exact) mass is 873 g/mol. The fourth-order valence-electron chi connectivity index (χ4n) is 6.86. The predicted octanol–water partition coefficient (Wildman–Crippen LogP) is 9.97. The first-order valence-electron chi connectivity index (χ1n) is 23.4. The van der Waals surface area contributed by atoms with Crippen molar-refractivity contribution in [3.63, 3.8) is 0 Å². The molecule has 0 amide bonds. The molecule has 1 fully saturated rings. The number of carbonyl (C=O) groups is 1. The number of ether oxygens (including phenoxy) is 4. The van der Waals surface area contributed by atoms with Crippen LogP contribution in [0.1, 0.15) is 181 Å². The van der Waals surface area contributed by atoms with E-state index in [9.17, 15) is 28.5 Å². The molecule has 6 unspecified atom stereocenters. The molecule has 0 aliphatic carbocycles. The van der Waals surface area contributed by atoms with Crippen LogP contribution < -0.4 is 0 Å². The summed E-state index contributed by atoms with van der Waals surface area (Å²) in [6.07, 6.45) is 37.1. The Hall–Kier alpha value is -1.94. The number of allylic oxidation sites excluding steroid dienone is 8. The van der Waals surface area contributed by atoms with E-state index in [-0.39, 0.29) is 19.6 Å². The van der Waals surface area contributed by atoms with Crippen LogP contribution in [0.15, 0.2) is 48.6 Å². The zero-order chi connectivity index (χ0) is 43.9. The number of aliphatic hydroxyl groups is 3. The number of hydrogen-bond donors (Lipinski definition) is 4. The summed E-state index contributed by atoms with van der Waals surface area (Å²) in [4.78, 5) is 12.9. The minimum atomic E-state index is -5.06. The highest BCUT2D eigenvalue weighted by molar-refractivity contribution is 7.80. The molecule has 0 aromatic carbocycles. The Kier molecular flexibility index (Phi) is 36.2. The molecule has 60 heavy (non-hydrogen) atoms. The maximum Gasteiger partial charge on any atom is 0.397 e. The smallest absolute Gasteiger partial charge is 0.397 e. The zero-order valence-electron chi connectivity index (χ0n) is 37.3. The summed E-state index contributed by atoms with van der Waals surface area (Å²) in [6.45, 7) is 3.87. The van der Waals surface area contributed by atoms with E-state index in [0.29, 0.717) is 13.0 Å². The van der Waals surface area contributed by atoms with Crippen molar-refractivity contribution >= 4 is 16.4 Å². The second-order valence-electron chi connectivity index (χ2n) is 16.0. The SMILES string of the molecule is CCC/C=C\C/C=C\CCCCCCCCOCC(COC1OC(CO)C(O)C(OS(=O)(=O)O)C1O)OC(=O)CCCCCCCCCCC/C=C\C/C=C\CCCCC. The second-order valence-corrected chi connectivity index (χ2v) is 17.0. The van der Waals surface area contributed by atoms with Gasteiger partial charge in [0.1, 0.15) is 30.5 Å². The second kappa shape index (κ2) is 38.7. The van der Waals surface area contributed by atoms with E-state index < -0.39 is 59.8 Å². The molecule has 0 aromatic heterocycles. The van der Waals surface area contributed by atoms with Crippen LogP contribution in [0, 0.1) is 0 Å². The first-order chi connectivity index (χ1) is 29.1. The first-order valence-corrected chi connectivity index (χ1v) is 24.8. The maximum absolute atomic E-state index is 12.9. The zero-order valence-corrected chi connectivity index (χ0v) is 38.1. The van der Waals surface area contributed by atoms with Crippen molar-refractivity contribution in [2.24, 2.45) is 0 Å². The van der Waals surface area contributed by atoms with Gasteiger partial charge in [-0.05, 0) is 70.6 Å². The molecule has 350 valence electrons. The molecule has 1 rings (SSSR count). The summed E-state index contributed by atoms with van der Waals surface area (Å²) in [5.74, 6) is -0.409. The van der Waals surface area contributed by atoms with E-state index in [0.717, 1.165) is 77.0 Å². The largest absolute Gasteiger partial charge is 0.457 e. The minimum absolute atomic E-state index is 0.0261. The topological polar surface area (TPSA) is 178 Å². The van der Waals surface area contributed by atoms with E-state index in [1.54, 1.807) is 0 Å². The number of unbranched alkanes of at least 4 members (excludes halogenated alkanes) is 19. The van der Waals surface area contributed by atoms with Crippen molar-refractivity contribution in [1.82, 2.24) is 0 Å². The van der Waals surface area contributed by atoms with Gasteiger partial charge in [-0.15, -0.1) is 0 Å². The Morgan fingerprint density at radius 3 is 1.65 bits per heavy atom. The van der Waals surface area contributed by atoms with Gasteiger partial charge < -0.3 is 34.3 Å². The third-order valence-corrected chi connectivity index (χ3v) is 10.9. The average molecular weight is 873 g/mol. The van der Waals surface area contributed by atoms with E-state index in [2.05, 4.69) is 66.6 Å². The highest BCUT2D eigenvalue weighted by Gasteiger charge is 2.48. The van der Waals surface area contributed by atoms with Gasteiger partial charge in [-0.1, -0.05) is 152 Å². The molecule has 1 saturated heterocycles. The number of esters is 1. The molecule has 0 radical (unpaired) electrons. The van der Waals surface area contributed by atoms with Crippen molar-refractivity contribution in [2.45, 2.75) is 218 Å². The lowest BCUT2D eigenvalue weighted by Crippen LogP contribution is -2.60. The molecule has 0 saturated carbocycles. The third kappa shape index (κ3) is 31.8. The van der Waals surface area contributed by atoms with Crippen LogP contribution in [0.4, 0.5) is 0 Å². The van der Waals surface area contributed by atoms with Gasteiger partial charge in [-0.2, -0.15) is 8.42 Å². The average Bonchev–Trinajstić information content (AvgIpc) is 3.22. The Labute approximate surface area is 364 Å². The molecule has 1 aliphatic rings. The normalized spacial score (nSPS) is 20.7. The highest BCUT2D eigenvalue weighted by atomic mass is 32.3. The molecular weight excluding hydrogens is 789 g/mol. The van der Waals surface area contributed by atoms with Gasteiger partial charge in [-0.25, -0.2) is 4.18 Å². The maximum atomic E-state index is 12.9. The molecule has 0 aromatic rings. The molecule has 12 nitrogen and oxygen atoms in total. The van der Waals surface area contributed by atoms with Crippen LogP contribution in [0.5, 0.6) is 0 Å². The summed E-state index contributed by atoms with van der Waals surface area (Å²) in [7, 11) is -5.06. The molecule has 1 aliphatic heterocycles. The van der Waals surface area contributed by atoms with Crippen molar-refractivity contribution in [3.8, 4) is 0 Å². The van der Waals surface area contributed by atoms with Crippen LogP contribution in [0.2, 0.25) is 0 Å². The summed E-state index contributed by atoms with van der Waals surface area (Å²) >= 11 is 0. The quantitative estimate of drug-likeness (QED) is 0.0199. The Morgan fingerprint density at radius 1 is 0.633 bits per heavy atom. The highest BCUT2D eigenvalue weighted by Crippen LogP contribution is 2.26. The van der Waals surface area contributed by atoms with Gasteiger partial charge >= 0.3 is 16.4 Å². The van der Waals surface area contributed by atoms with Gasteiger partial charge in [0, 0.05) is 13.0 Å². The molecule has 1 heterocycles. The number of aliphatic hydroxyl groups excluding tert-OH is 3. The van der Waals surface area contributed by atoms with Gasteiger partial charge in [0.2, 0.25) is 0 Å². The lowest BCUT2D eigenvalue weighted by molar-refractivity contribution is -0.301. The molecule has 13 heteroatoms. The first kappa shape index (κ1) is 56.1. The van der Waals surface area contributed by atoms with Crippen molar-refractivity contribution < 1.29 is 56.2 Å². The summed E-state index contributed by atoms with van der Waals surface area (Å²) in [5, 5.41) is 30.7. The Morgan fingerprint density at radius 2 is 1.13 bits per heavy atom. The van der Waals surface area contributed by atoms with Crippen LogP contribution in [-0.2, 0) is 38.3 Å². The summed E-state index contributed by atoms with van der Waals surface area (Å²) in [6, 6.07) is 0. The number of rotatable bonds is 40. The van der Waals surface area contributed by atoms with E-state index in [1.807, 2.05) is 0 Å². The van der Waals surface area contributed by atoms with Crippen molar-refractivity contribution in [1.29, 1.82) is 0 Å². The van der Waals surface area contributed by atoms with Crippen molar-refractivity contribution in [2.75, 3.05) is 26.4 Å². The van der Waals surface area contributed by atoms with Crippen LogP contribution >= 0.6 is 0 Å². The van der Waals surface area contributed by atoms with Crippen LogP contribution in [0.3, 0.4) is 0 Å². The van der Waals surface area contributed by atoms with E-state index in [4.69, 9.17) is 23.5 Å². The Bertz CT molecular complexity index is 1240. The standard InChI is InChI=1S/C47H84O12S/c1-3-5-7-9-11-13-15-17-19-20-21-22-23-24-26-28-30-32-34-36-43(49)57-41(39-55-37-35-33-31-29-27-25-18-16-14-12-10-8-6-4-2)40-56-47-45(51)46(59-60(52,53)54)44(50)42(38-48)58-47/h8,10-11,13-14,16-17,19,41-42,44-48,50-51H,3-7,9,12,15,18,20-40H2,1-2H3,(H,52,53,54)/b10-8-,13-11-,16-14-,19-17-. The van der Waals surface area contributed by atoms with Gasteiger partial charge in [0.05, 0.1) is 19.8 Å². The van der Waals surface area contributed by atoms with Crippen LogP contribution in [0.25, 0.3) is 0 Å². The molecule has 0 spiro atoms. The predicted molar refractivity (Wildman–Crippen MR) is 239 cm³/mol. The number of hydrogen-bond acceptors (Lipinski definition) is 11. The van der Waals surface area contributed by atoms with E-state index >= 15 is 0 Å². The molecular formula is C47H84O12S. The Balaban J connectivity index is 2.41. The summed E-state index contributed by atoms with van der Waals surface area (Å²) < 4.78 is 59.1. The third-order valence-electron chi connectivity index (χ3n) is 10.4. The van der Waals surface area contributed by atoms with Gasteiger partial charge in [-0.3, -0.25) is 9.35 Å². The van der Waals surface area contributed by atoms with Gasteiger partial charge in [0.15, 0.2) is 6.29 Å². The fourth-order valence-corrected chi connectivity index (χ4v) is 7.37. The molecule has 6 atom stereocenters. The van der Waals surface area contributed by atoms with Crippen molar-refractivity contribution in [3.05, 3.63) is 48.6 Å². The van der Waals surface area contributed by atoms with Crippen LogP contribution in [-0.4, -0.2) is 97.5 Å². The summed E-state index contributed by atoms with van der Waals surface area (Å²) in [5.41, 5.74) is 0. The minimum Gasteiger partial charge on any atom is -0.457 e. The van der Waals surface area contributed by atoms with E-state index in [1.165, 1.54) is 77.0 Å². The molecule has 4 N–H and O–H groups in total.